The van der Waals surface area contributed by atoms with Gasteiger partial charge in [0.1, 0.15) is 5.75 Å². The fraction of sp³-hybridized carbons (Fsp3) is 0.150. The molecule has 1 aliphatic rings. The number of nitrogens with zero attached hydrogens (tertiary/aromatic N) is 1. The Morgan fingerprint density at radius 1 is 1.22 bits per heavy atom. The number of carbonyl (C=O) groups is 2. The second-order valence-electron chi connectivity index (χ2n) is 5.95. The summed E-state index contributed by atoms with van der Waals surface area (Å²) in [5.74, 6) is -0.648. The average molecular weight is 379 g/mol. The summed E-state index contributed by atoms with van der Waals surface area (Å²) in [6.07, 6.45) is 0.147. The predicted octanol–water partition coefficient (Wildman–Crippen LogP) is 3.10. The highest BCUT2D eigenvalue weighted by molar-refractivity contribution is 8.03. The summed E-state index contributed by atoms with van der Waals surface area (Å²) >= 11 is 1.13. The predicted molar refractivity (Wildman–Crippen MR) is 104 cm³/mol. The first-order valence-electron chi connectivity index (χ1n) is 8.27. The highest BCUT2D eigenvalue weighted by atomic mass is 32.2. The average Bonchev–Trinajstić information content (AvgIpc) is 2.67. The van der Waals surface area contributed by atoms with Crippen LogP contribution in [0.4, 0.5) is 5.69 Å². The second-order valence-corrected chi connectivity index (χ2v) is 6.94. The molecular formula is C20H17N3O3S. The molecule has 1 aliphatic heterocycles. The van der Waals surface area contributed by atoms with Gasteiger partial charge in [0.25, 0.3) is 0 Å². The van der Waals surface area contributed by atoms with Crippen LogP contribution in [0.25, 0.3) is 0 Å². The van der Waals surface area contributed by atoms with E-state index >= 15 is 0 Å². The lowest BCUT2D eigenvalue weighted by Gasteiger charge is -2.25. The van der Waals surface area contributed by atoms with Crippen LogP contribution in [0.1, 0.15) is 17.9 Å². The van der Waals surface area contributed by atoms with Gasteiger partial charge < -0.3 is 15.7 Å². The van der Waals surface area contributed by atoms with E-state index in [1.165, 1.54) is 12.1 Å². The number of rotatable bonds is 5. The van der Waals surface area contributed by atoms with Crippen LogP contribution in [-0.2, 0) is 9.59 Å². The van der Waals surface area contributed by atoms with Crippen LogP contribution in [0.2, 0.25) is 0 Å². The van der Waals surface area contributed by atoms with Crippen molar-refractivity contribution >= 4 is 29.3 Å². The van der Waals surface area contributed by atoms with Crippen molar-refractivity contribution in [2.24, 2.45) is 0 Å². The minimum absolute atomic E-state index is 0.0674. The van der Waals surface area contributed by atoms with Crippen molar-refractivity contribution in [3.63, 3.8) is 0 Å². The Balaban J connectivity index is 1.75. The molecule has 27 heavy (non-hydrogen) atoms. The molecule has 0 saturated carbocycles. The summed E-state index contributed by atoms with van der Waals surface area (Å²) in [4.78, 5) is 24.2. The molecular weight excluding hydrogens is 362 g/mol. The highest BCUT2D eigenvalue weighted by Gasteiger charge is 2.29. The Labute approximate surface area is 160 Å². The number of thioether (sulfide) groups is 1. The topological polar surface area (TPSA) is 102 Å². The highest BCUT2D eigenvalue weighted by Crippen LogP contribution is 2.36. The lowest BCUT2D eigenvalue weighted by Crippen LogP contribution is -2.31. The molecule has 0 unspecified atom stereocenters. The van der Waals surface area contributed by atoms with Gasteiger partial charge in [-0.2, -0.15) is 5.26 Å². The number of phenolic OH excluding ortho intramolecular Hbond substituents is 1. The number of aromatic hydroxyl groups is 1. The van der Waals surface area contributed by atoms with E-state index in [0.717, 1.165) is 17.3 Å². The van der Waals surface area contributed by atoms with Crippen LogP contribution in [0.15, 0.2) is 65.2 Å². The van der Waals surface area contributed by atoms with Crippen LogP contribution in [0, 0.1) is 11.3 Å². The summed E-state index contributed by atoms with van der Waals surface area (Å²) in [5.41, 5.74) is 1.87. The number of nitriles is 1. The first-order valence-corrected chi connectivity index (χ1v) is 9.26. The summed E-state index contributed by atoms with van der Waals surface area (Å²) in [6.45, 7) is 0. The second kappa shape index (κ2) is 8.43. The number of allylic oxidation sites excluding steroid dienone is 1. The molecule has 2 amide bonds. The van der Waals surface area contributed by atoms with E-state index in [1.54, 1.807) is 24.3 Å². The van der Waals surface area contributed by atoms with E-state index in [1.807, 2.05) is 18.2 Å². The van der Waals surface area contributed by atoms with Crippen LogP contribution in [0.5, 0.6) is 5.75 Å². The van der Waals surface area contributed by atoms with Crippen LogP contribution in [0.3, 0.4) is 0 Å². The Morgan fingerprint density at radius 3 is 2.59 bits per heavy atom. The maximum atomic E-state index is 12.1. The number of nitrogens with one attached hydrogen (secondary N) is 2. The van der Waals surface area contributed by atoms with Gasteiger partial charge >= 0.3 is 0 Å². The first-order chi connectivity index (χ1) is 13.1. The number of anilines is 1. The minimum Gasteiger partial charge on any atom is -0.508 e. The molecule has 0 radical (unpaired) electrons. The molecule has 136 valence electrons. The molecule has 0 aromatic heterocycles. The van der Waals surface area contributed by atoms with Gasteiger partial charge in [0, 0.05) is 18.0 Å². The van der Waals surface area contributed by atoms with E-state index < -0.39 is 5.92 Å². The quantitative estimate of drug-likeness (QED) is 0.741. The van der Waals surface area contributed by atoms with E-state index in [-0.39, 0.29) is 29.7 Å². The molecule has 7 heteroatoms. The van der Waals surface area contributed by atoms with Gasteiger partial charge in [-0.25, -0.2) is 0 Å². The fourth-order valence-electron chi connectivity index (χ4n) is 2.78. The molecule has 2 aromatic carbocycles. The Kier molecular flexibility index (Phi) is 5.79. The molecule has 2 aromatic rings. The van der Waals surface area contributed by atoms with Gasteiger partial charge in [-0.15, -0.1) is 0 Å². The van der Waals surface area contributed by atoms with Crippen molar-refractivity contribution in [1.82, 2.24) is 5.32 Å². The van der Waals surface area contributed by atoms with Crippen molar-refractivity contribution in [2.75, 3.05) is 11.1 Å². The monoisotopic (exact) mass is 379 g/mol. The maximum absolute atomic E-state index is 12.1. The zero-order chi connectivity index (χ0) is 19.2. The Morgan fingerprint density at radius 2 is 1.93 bits per heavy atom. The van der Waals surface area contributed by atoms with Crippen LogP contribution in [-0.4, -0.2) is 22.7 Å². The van der Waals surface area contributed by atoms with Crippen molar-refractivity contribution in [3.8, 4) is 11.8 Å². The van der Waals surface area contributed by atoms with Gasteiger partial charge in [-0.1, -0.05) is 42.1 Å². The number of carbonyl (C=O) groups excluding carboxylic acids is 2. The number of phenols is 1. The molecule has 0 spiro atoms. The molecule has 3 rings (SSSR count). The number of amides is 2. The van der Waals surface area contributed by atoms with Gasteiger partial charge in [-0.3, -0.25) is 9.59 Å². The third-order valence-electron chi connectivity index (χ3n) is 4.06. The largest absolute Gasteiger partial charge is 0.508 e. The number of hydrogen-bond acceptors (Lipinski definition) is 5. The molecule has 0 bridgehead atoms. The zero-order valence-electron chi connectivity index (χ0n) is 14.3. The van der Waals surface area contributed by atoms with Crippen molar-refractivity contribution in [1.29, 1.82) is 5.26 Å². The normalized spacial score (nSPS) is 16.4. The van der Waals surface area contributed by atoms with Gasteiger partial charge in [0.15, 0.2) is 0 Å². The Bertz CT molecular complexity index is 918. The summed E-state index contributed by atoms with van der Waals surface area (Å²) in [6, 6.07) is 17.7. The maximum Gasteiger partial charge on any atom is 0.234 e. The lowest BCUT2D eigenvalue weighted by atomic mass is 9.87. The number of benzene rings is 2. The number of para-hydroxylation sites is 1. The SMILES string of the molecule is N#CC1=C(SCC(=O)Nc2ccccc2)NC(=O)C[C@@H]1c1ccc(O)cc1. The first kappa shape index (κ1) is 18.5. The minimum atomic E-state index is -0.399. The van der Waals surface area contributed by atoms with Gasteiger partial charge in [0.05, 0.1) is 22.4 Å². The smallest absolute Gasteiger partial charge is 0.234 e. The fourth-order valence-corrected chi connectivity index (χ4v) is 3.66. The molecule has 6 nitrogen and oxygen atoms in total. The standard InChI is InChI=1S/C20H17N3O3S/c21-11-17-16(13-6-8-15(24)9-7-13)10-18(25)23-20(17)27-12-19(26)22-14-4-2-1-3-5-14/h1-9,16,24H,10,12H2,(H,22,26)(H,23,25)/t16-/m1/s1. The van der Waals surface area contributed by atoms with Gasteiger partial charge in [-0.05, 0) is 29.8 Å². The Hall–Kier alpha value is -3.24. The molecule has 0 saturated heterocycles. The summed E-state index contributed by atoms with van der Waals surface area (Å²) in [5, 5.41) is 24.9. The van der Waals surface area contributed by atoms with Crippen molar-refractivity contribution in [3.05, 3.63) is 70.8 Å². The van der Waals surface area contributed by atoms with Crippen molar-refractivity contribution in [2.45, 2.75) is 12.3 Å². The lowest BCUT2D eigenvalue weighted by molar-refractivity contribution is -0.121. The van der Waals surface area contributed by atoms with Gasteiger partial charge in [0.2, 0.25) is 11.8 Å². The van der Waals surface area contributed by atoms with E-state index in [0.29, 0.717) is 16.3 Å². The third kappa shape index (κ3) is 4.68. The molecule has 1 heterocycles. The zero-order valence-corrected chi connectivity index (χ0v) is 15.1. The van der Waals surface area contributed by atoms with E-state index in [4.69, 9.17) is 0 Å². The summed E-state index contributed by atoms with van der Waals surface area (Å²) in [7, 11) is 0. The van der Waals surface area contributed by atoms with E-state index in [2.05, 4.69) is 16.7 Å². The molecule has 1 atom stereocenters. The number of hydrogen-bond donors (Lipinski definition) is 3. The molecule has 0 aliphatic carbocycles. The van der Waals surface area contributed by atoms with E-state index in [9.17, 15) is 20.0 Å². The van der Waals surface area contributed by atoms with Crippen LogP contribution >= 0.6 is 11.8 Å². The van der Waals surface area contributed by atoms with Crippen LogP contribution < -0.4 is 10.6 Å². The van der Waals surface area contributed by atoms with Crippen molar-refractivity contribution < 1.29 is 14.7 Å². The molecule has 3 N–H and O–H groups in total. The third-order valence-corrected chi connectivity index (χ3v) is 5.07. The summed E-state index contributed by atoms with van der Waals surface area (Å²) < 4.78 is 0. The molecule has 0 fully saturated rings.